The average Bonchev–Trinajstić information content (AvgIpc) is 2.35. The van der Waals surface area contributed by atoms with Gasteiger partial charge in [-0.3, -0.25) is 4.79 Å². The topological polar surface area (TPSA) is 55.6 Å². The zero-order chi connectivity index (χ0) is 12.0. The predicted molar refractivity (Wildman–Crippen MR) is 64.1 cm³/mol. The van der Waals surface area contributed by atoms with Crippen LogP contribution in [0.2, 0.25) is 0 Å². The molecule has 1 saturated heterocycles. The first-order valence-corrected chi connectivity index (χ1v) is 6.35. The van der Waals surface area contributed by atoms with Crippen molar-refractivity contribution in [3.63, 3.8) is 0 Å². The summed E-state index contributed by atoms with van der Waals surface area (Å²) in [6.45, 7) is 6.23. The molecule has 0 aliphatic carbocycles. The molecule has 0 aromatic heterocycles. The Morgan fingerprint density at radius 1 is 1.56 bits per heavy atom. The first kappa shape index (κ1) is 13.5. The molecule has 4 nitrogen and oxygen atoms in total. The standard InChI is InChI=1S/C12H24N2O2/c1-3-5-6-11(13)12(15)14-7-8-16-10(4-2)9-14/h10-11H,3-9,13H2,1-2H3. The van der Waals surface area contributed by atoms with Crippen molar-refractivity contribution < 1.29 is 9.53 Å². The first-order valence-electron chi connectivity index (χ1n) is 6.35. The molecule has 0 radical (unpaired) electrons. The lowest BCUT2D eigenvalue weighted by Gasteiger charge is -2.34. The summed E-state index contributed by atoms with van der Waals surface area (Å²) in [5, 5.41) is 0. The average molecular weight is 228 g/mol. The first-order chi connectivity index (χ1) is 7.69. The molecule has 1 heterocycles. The van der Waals surface area contributed by atoms with Gasteiger partial charge in [0.25, 0.3) is 0 Å². The highest BCUT2D eigenvalue weighted by molar-refractivity contribution is 5.81. The number of amides is 1. The number of hydrogen-bond donors (Lipinski definition) is 1. The van der Waals surface area contributed by atoms with Gasteiger partial charge in [-0.05, 0) is 12.8 Å². The Balaban J connectivity index is 2.40. The van der Waals surface area contributed by atoms with Gasteiger partial charge in [-0.1, -0.05) is 26.7 Å². The summed E-state index contributed by atoms with van der Waals surface area (Å²) in [5.41, 5.74) is 5.89. The maximum Gasteiger partial charge on any atom is 0.239 e. The van der Waals surface area contributed by atoms with E-state index in [2.05, 4.69) is 13.8 Å². The van der Waals surface area contributed by atoms with Gasteiger partial charge < -0.3 is 15.4 Å². The van der Waals surface area contributed by atoms with Crippen LogP contribution in [0.15, 0.2) is 0 Å². The number of ether oxygens (including phenoxy) is 1. The van der Waals surface area contributed by atoms with Crippen LogP contribution in [0.5, 0.6) is 0 Å². The third kappa shape index (κ3) is 3.76. The van der Waals surface area contributed by atoms with Crippen molar-refractivity contribution in [2.75, 3.05) is 19.7 Å². The highest BCUT2D eigenvalue weighted by Gasteiger charge is 2.26. The van der Waals surface area contributed by atoms with Crippen molar-refractivity contribution in [1.82, 2.24) is 4.90 Å². The van der Waals surface area contributed by atoms with E-state index in [0.29, 0.717) is 19.7 Å². The summed E-state index contributed by atoms with van der Waals surface area (Å²) < 4.78 is 5.53. The van der Waals surface area contributed by atoms with Crippen LogP contribution in [0.3, 0.4) is 0 Å². The lowest BCUT2D eigenvalue weighted by molar-refractivity contribution is -0.140. The Morgan fingerprint density at radius 3 is 2.94 bits per heavy atom. The number of nitrogens with two attached hydrogens (primary N) is 1. The molecule has 1 aliphatic rings. The lowest BCUT2D eigenvalue weighted by Crippen LogP contribution is -2.51. The molecule has 1 aliphatic heterocycles. The largest absolute Gasteiger partial charge is 0.375 e. The summed E-state index contributed by atoms with van der Waals surface area (Å²) >= 11 is 0. The highest BCUT2D eigenvalue weighted by Crippen LogP contribution is 2.10. The second kappa shape index (κ2) is 6.86. The fraction of sp³-hybridized carbons (Fsp3) is 0.917. The third-order valence-corrected chi connectivity index (χ3v) is 3.09. The molecule has 94 valence electrons. The van der Waals surface area contributed by atoms with Gasteiger partial charge in [0.05, 0.1) is 18.8 Å². The van der Waals surface area contributed by atoms with Gasteiger partial charge in [0.15, 0.2) is 0 Å². The van der Waals surface area contributed by atoms with Crippen LogP contribution >= 0.6 is 0 Å². The van der Waals surface area contributed by atoms with Crippen LogP contribution in [0, 0.1) is 0 Å². The van der Waals surface area contributed by atoms with Gasteiger partial charge >= 0.3 is 0 Å². The number of rotatable bonds is 5. The van der Waals surface area contributed by atoms with E-state index in [4.69, 9.17) is 10.5 Å². The minimum absolute atomic E-state index is 0.0928. The van der Waals surface area contributed by atoms with Crippen LogP contribution in [-0.2, 0) is 9.53 Å². The molecule has 1 fully saturated rings. The molecule has 2 atom stereocenters. The summed E-state index contributed by atoms with van der Waals surface area (Å²) in [6.07, 6.45) is 4.05. The summed E-state index contributed by atoms with van der Waals surface area (Å²) in [5.74, 6) is 0.0928. The number of hydrogen-bond acceptors (Lipinski definition) is 3. The molecule has 2 N–H and O–H groups in total. The van der Waals surface area contributed by atoms with E-state index in [-0.39, 0.29) is 18.1 Å². The van der Waals surface area contributed by atoms with E-state index >= 15 is 0 Å². The number of carbonyl (C=O) groups is 1. The summed E-state index contributed by atoms with van der Waals surface area (Å²) in [7, 11) is 0. The van der Waals surface area contributed by atoms with E-state index in [1.807, 2.05) is 4.90 Å². The van der Waals surface area contributed by atoms with Gasteiger partial charge in [0, 0.05) is 13.1 Å². The number of morpholine rings is 1. The van der Waals surface area contributed by atoms with E-state index in [1.54, 1.807) is 0 Å². The summed E-state index contributed by atoms with van der Waals surface area (Å²) in [4.78, 5) is 13.9. The lowest BCUT2D eigenvalue weighted by atomic mass is 10.1. The van der Waals surface area contributed by atoms with Gasteiger partial charge in [-0.25, -0.2) is 0 Å². The van der Waals surface area contributed by atoms with Crippen LogP contribution in [-0.4, -0.2) is 42.6 Å². The second-order valence-corrected chi connectivity index (χ2v) is 4.43. The van der Waals surface area contributed by atoms with Crippen LogP contribution in [0.1, 0.15) is 39.5 Å². The third-order valence-electron chi connectivity index (χ3n) is 3.09. The van der Waals surface area contributed by atoms with E-state index in [0.717, 1.165) is 25.7 Å². The van der Waals surface area contributed by atoms with Crippen molar-refractivity contribution in [1.29, 1.82) is 0 Å². The molecule has 0 aromatic rings. The van der Waals surface area contributed by atoms with Crippen LogP contribution in [0.4, 0.5) is 0 Å². The Bertz CT molecular complexity index is 221. The monoisotopic (exact) mass is 228 g/mol. The normalized spacial score (nSPS) is 23.2. The zero-order valence-electron chi connectivity index (χ0n) is 10.4. The molecule has 2 unspecified atom stereocenters. The molecular weight excluding hydrogens is 204 g/mol. The van der Waals surface area contributed by atoms with E-state index in [9.17, 15) is 4.79 Å². The van der Waals surface area contributed by atoms with Crippen molar-refractivity contribution in [3.8, 4) is 0 Å². The van der Waals surface area contributed by atoms with Gasteiger partial charge in [0.1, 0.15) is 0 Å². The molecular formula is C12H24N2O2. The van der Waals surface area contributed by atoms with Crippen LogP contribution in [0.25, 0.3) is 0 Å². The molecule has 0 bridgehead atoms. The van der Waals surface area contributed by atoms with Crippen molar-refractivity contribution in [2.24, 2.45) is 5.73 Å². The molecule has 0 aromatic carbocycles. The molecule has 16 heavy (non-hydrogen) atoms. The van der Waals surface area contributed by atoms with Crippen molar-refractivity contribution >= 4 is 5.91 Å². The van der Waals surface area contributed by atoms with Gasteiger partial charge in [0.2, 0.25) is 5.91 Å². The zero-order valence-corrected chi connectivity index (χ0v) is 10.4. The fourth-order valence-corrected chi connectivity index (χ4v) is 1.95. The predicted octanol–water partition coefficient (Wildman–Crippen LogP) is 1.14. The molecule has 0 spiro atoms. The highest BCUT2D eigenvalue weighted by atomic mass is 16.5. The molecule has 1 rings (SSSR count). The maximum absolute atomic E-state index is 12.0. The van der Waals surface area contributed by atoms with E-state index in [1.165, 1.54) is 0 Å². The number of carbonyl (C=O) groups excluding carboxylic acids is 1. The van der Waals surface area contributed by atoms with Crippen LogP contribution < -0.4 is 5.73 Å². The van der Waals surface area contributed by atoms with Gasteiger partial charge in [-0.15, -0.1) is 0 Å². The minimum atomic E-state index is -0.324. The SMILES string of the molecule is CCCCC(N)C(=O)N1CCOC(CC)C1. The molecule has 1 amide bonds. The van der Waals surface area contributed by atoms with E-state index < -0.39 is 0 Å². The van der Waals surface area contributed by atoms with Crippen molar-refractivity contribution in [3.05, 3.63) is 0 Å². The number of unbranched alkanes of at least 4 members (excludes halogenated alkanes) is 1. The fourth-order valence-electron chi connectivity index (χ4n) is 1.95. The Morgan fingerprint density at radius 2 is 2.31 bits per heavy atom. The number of nitrogens with zero attached hydrogens (tertiary/aromatic N) is 1. The molecule has 4 heteroatoms. The minimum Gasteiger partial charge on any atom is -0.375 e. The maximum atomic E-state index is 12.0. The molecule has 0 saturated carbocycles. The van der Waals surface area contributed by atoms with Crippen molar-refractivity contribution in [2.45, 2.75) is 51.7 Å². The smallest absolute Gasteiger partial charge is 0.239 e. The second-order valence-electron chi connectivity index (χ2n) is 4.43. The Labute approximate surface area is 98.1 Å². The van der Waals surface area contributed by atoms with Gasteiger partial charge in [-0.2, -0.15) is 0 Å². The Hall–Kier alpha value is -0.610. The summed E-state index contributed by atoms with van der Waals surface area (Å²) in [6, 6.07) is -0.324. The quantitative estimate of drug-likeness (QED) is 0.767. The Kier molecular flexibility index (Phi) is 5.77.